The second-order valence-electron chi connectivity index (χ2n) is 6.11. The van der Waals surface area contributed by atoms with Gasteiger partial charge in [-0.3, -0.25) is 4.79 Å². The van der Waals surface area contributed by atoms with E-state index in [-0.39, 0.29) is 0 Å². The number of rotatable bonds is 7. The quantitative estimate of drug-likeness (QED) is 0.621. The molecule has 0 bridgehead atoms. The van der Waals surface area contributed by atoms with Gasteiger partial charge in [0.25, 0.3) is 0 Å². The van der Waals surface area contributed by atoms with Crippen LogP contribution in [0.4, 0.5) is 0 Å². The van der Waals surface area contributed by atoms with Crippen LogP contribution in [0.25, 0.3) is 11.1 Å². The number of benzene rings is 3. The average Bonchev–Trinajstić information content (AvgIpc) is 2.66. The lowest BCUT2D eigenvalue weighted by atomic mass is 9.95. The van der Waals surface area contributed by atoms with Crippen LogP contribution >= 0.6 is 11.6 Å². The number of aliphatic carboxylic acids is 1. The van der Waals surface area contributed by atoms with Crippen molar-refractivity contribution in [1.82, 2.24) is 5.32 Å². The minimum atomic E-state index is -0.845. The molecule has 1 unspecified atom stereocenters. The summed E-state index contributed by atoms with van der Waals surface area (Å²) in [4.78, 5) is 11.8. The number of hydrogen-bond acceptors (Lipinski definition) is 2. The number of nitrogens with one attached hydrogen (secondary N) is 1. The molecule has 26 heavy (non-hydrogen) atoms. The van der Waals surface area contributed by atoms with Crippen LogP contribution in [0.15, 0.2) is 78.9 Å². The van der Waals surface area contributed by atoms with Crippen LogP contribution in [0, 0.1) is 0 Å². The zero-order chi connectivity index (χ0) is 18.4. The summed E-state index contributed by atoms with van der Waals surface area (Å²) in [7, 11) is 0. The first-order chi connectivity index (χ1) is 12.6. The third-order valence-corrected chi connectivity index (χ3v) is 4.62. The van der Waals surface area contributed by atoms with Gasteiger partial charge in [-0.15, -0.1) is 0 Å². The molecule has 3 aromatic rings. The molecule has 0 saturated heterocycles. The number of hydrogen-bond donors (Lipinski definition) is 2. The maximum Gasteiger partial charge on any atom is 0.312 e. The van der Waals surface area contributed by atoms with E-state index in [0.29, 0.717) is 18.1 Å². The average molecular weight is 366 g/mol. The van der Waals surface area contributed by atoms with Gasteiger partial charge in [0.15, 0.2) is 0 Å². The number of carbonyl (C=O) groups is 1. The highest BCUT2D eigenvalue weighted by atomic mass is 35.5. The molecule has 0 amide bonds. The first kappa shape index (κ1) is 18.2. The molecule has 1 atom stereocenters. The fourth-order valence-corrected chi connectivity index (χ4v) is 3.17. The lowest BCUT2D eigenvalue weighted by Crippen LogP contribution is -2.26. The van der Waals surface area contributed by atoms with Crippen LogP contribution in [0.2, 0.25) is 5.02 Å². The summed E-state index contributed by atoms with van der Waals surface area (Å²) >= 11 is 6.28. The highest BCUT2D eigenvalue weighted by Crippen LogP contribution is 2.29. The molecule has 3 aromatic carbocycles. The maximum atomic E-state index is 11.8. The Balaban J connectivity index is 1.77. The molecule has 0 spiro atoms. The first-order valence-electron chi connectivity index (χ1n) is 8.47. The fourth-order valence-electron chi connectivity index (χ4n) is 2.92. The van der Waals surface area contributed by atoms with Gasteiger partial charge in [0.1, 0.15) is 0 Å². The van der Waals surface area contributed by atoms with E-state index in [0.717, 1.165) is 22.3 Å². The van der Waals surface area contributed by atoms with Crippen molar-refractivity contribution in [2.45, 2.75) is 12.5 Å². The number of carboxylic acids is 1. The van der Waals surface area contributed by atoms with Crippen molar-refractivity contribution in [1.29, 1.82) is 0 Å². The van der Waals surface area contributed by atoms with E-state index in [4.69, 9.17) is 11.6 Å². The van der Waals surface area contributed by atoms with Gasteiger partial charge in [0, 0.05) is 23.7 Å². The lowest BCUT2D eigenvalue weighted by Gasteiger charge is -2.15. The molecule has 4 heteroatoms. The molecular formula is C22H20ClNO2. The molecule has 2 N–H and O–H groups in total. The highest BCUT2D eigenvalue weighted by Gasteiger charge is 2.20. The van der Waals surface area contributed by atoms with E-state index in [1.54, 1.807) is 0 Å². The zero-order valence-corrected chi connectivity index (χ0v) is 15.0. The molecular weight excluding hydrogens is 346 g/mol. The summed E-state index contributed by atoms with van der Waals surface area (Å²) < 4.78 is 0. The van der Waals surface area contributed by atoms with Crippen LogP contribution in [0.5, 0.6) is 0 Å². The van der Waals surface area contributed by atoms with E-state index >= 15 is 0 Å². The van der Waals surface area contributed by atoms with E-state index in [1.165, 1.54) is 0 Å². The van der Waals surface area contributed by atoms with Crippen molar-refractivity contribution in [3.05, 3.63) is 95.0 Å². The summed E-state index contributed by atoms with van der Waals surface area (Å²) in [6, 6.07) is 25.1. The van der Waals surface area contributed by atoms with E-state index in [1.807, 2.05) is 78.9 Å². The second kappa shape index (κ2) is 8.65. The largest absolute Gasteiger partial charge is 0.481 e. The van der Waals surface area contributed by atoms with Crippen molar-refractivity contribution in [3.8, 4) is 11.1 Å². The normalized spacial score (nSPS) is 11.9. The van der Waals surface area contributed by atoms with Gasteiger partial charge < -0.3 is 10.4 Å². The van der Waals surface area contributed by atoms with Gasteiger partial charge >= 0.3 is 5.97 Å². The van der Waals surface area contributed by atoms with Crippen LogP contribution in [-0.4, -0.2) is 17.6 Å². The summed E-state index contributed by atoms with van der Waals surface area (Å²) in [5.41, 5.74) is 3.71. The molecule has 0 heterocycles. The third-order valence-electron chi connectivity index (χ3n) is 4.29. The molecule has 0 fully saturated rings. The topological polar surface area (TPSA) is 49.3 Å². The van der Waals surface area contributed by atoms with Crippen molar-refractivity contribution < 1.29 is 9.90 Å². The number of halogens is 1. The van der Waals surface area contributed by atoms with Gasteiger partial charge in [-0.2, -0.15) is 0 Å². The molecule has 3 rings (SSSR count). The maximum absolute atomic E-state index is 11.8. The smallest absolute Gasteiger partial charge is 0.312 e. The molecule has 0 saturated carbocycles. The Morgan fingerprint density at radius 2 is 1.69 bits per heavy atom. The van der Waals surface area contributed by atoms with E-state index in [9.17, 15) is 9.90 Å². The molecule has 3 nitrogen and oxygen atoms in total. The zero-order valence-electron chi connectivity index (χ0n) is 14.2. The Morgan fingerprint density at radius 3 is 2.42 bits per heavy atom. The SMILES string of the molecule is O=C(O)C(CNCc1ccccc1)c1cccc(-c2ccccc2Cl)c1. The second-order valence-corrected chi connectivity index (χ2v) is 6.52. The van der Waals surface area contributed by atoms with Crippen molar-refractivity contribution >= 4 is 17.6 Å². The summed E-state index contributed by atoms with van der Waals surface area (Å²) in [5, 5.41) is 13.6. The van der Waals surface area contributed by atoms with Gasteiger partial charge in [0.05, 0.1) is 5.92 Å². The molecule has 0 aromatic heterocycles. The Labute approximate surface area is 158 Å². The standard InChI is InChI=1S/C22H20ClNO2/c23-21-12-5-4-11-19(21)17-9-6-10-18(13-17)20(22(25)26)15-24-14-16-7-2-1-3-8-16/h1-13,20,24H,14-15H2,(H,25,26). The Hall–Kier alpha value is -2.62. The predicted octanol–water partition coefficient (Wildman–Crippen LogP) is 4.97. The molecule has 0 aliphatic carbocycles. The molecule has 0 aliphatic rings. The minimum absolute atomic E-state index is 0.357. The summed E-state index contributed by atoms with van der Waals surface area (Å²) in [6.45, 7) is 0.991. The third kappa shape index (κ3) is 4.51. The summed E-state index contributed by atoms with van der Waals surface area (Å²) in [6.07, 6.45) is 0. The van der Waals surface area contributed by atoms with Crippen LogP contribution < -0.4 is 5.32 Å². The van der Waals surface area contributed by atoms with Crippen LogP contribution in [-0.2, 0) is 11.3 Å². The Morgan fingerprint density at radius 1 is 0.962 bits per heavy atom. The number of carboxylic acid groups (broad SMARTS) is 1. The molecule has 0 radical (unpaired) electrons. The highest BCUT2D eigenvalue weighted by molar-refractivity contribution is 6.33. The van der Waals surface area contributed by atoms with Gasteiger partial charge in [-0.05, 0) is 22.8 Å². The van der Waals surface area contributed by atoms with Gasteiger partial charge in [-0.1, -0.05) is 84.4 Å². The van der Waals surface area contributed by atoms with Gasteiger partial charge in [0.2, 0.25) is 0 Å². The van der Waals surface area contributed by atoms with Crippen molar-refractivity contribution in [2.75, 3.05) is 6.54 Å². The molecule has 0 aliphatic heterocycles. The van der Waals surface area contributed by atoms with Crippen LogP contribution in [0.3, 0.4) is 0 Å². The molecule has 132 valence electrons. The van der Waals surface area contributed by atoms with E-state index < -0.39 is 11.9 Å². The minimum Gasteiger partial charge on any atom is -0.481 e. The van der Waals surface area contributed by atoms with Crippen LogP contribution in [0.1, 0.15) is 17.0 Å². The predicted molar refractivity (Wildman–Crippen MR) is 105 cm³/mol. The van der Waals surface area contributed by atoms with Gasteiger partial charge in [-0.25, -0.2) is 0 Å². The van der Waals surface area contributed by atoms with E-state index in [2.05, 4.69) is 5.32 Å². The fraction of sp³-hybridized carbons (Fsp3) is 0.136. The monoisotopic (exact) mass is 365 g/mol. The Bertz CT molecular complexity index is 880. The summed E-state index contributed by atoms with van der Waals surface area (Å²) in [5.74, 6) is -1.47. The lowest BCUT2D eigenvalue weighted by molar-refractivity contribution is -0.138. The first-order valence-corrected chi connectivity index (χ1v) is 8.85. The van der Waals surface area contributed by atoms with Crippen molar-refractivity contribution in [3.63, 3.8) is 0 Å². The van der Waals surface area contributed by atoms with Crippen molar-refractivity contribution in [2.24, 2.45) is 0 Å². The Kier molecular flexibility index (Phi) is 6.05.